The molecule has 0 aromatic carbocycles. The monoisotopic (exact) mass is 247 g/mol. The zero-order valence-electron chi connectivity index (χ0n) is 8.06. The summed E-state index contributed by atoms with van der Waals surface area (Å²) in [6, 6.07) is 2.63. The lowest BCUT2D eigenvalue weighted by Gasteiger charge is -2.10. The molecule has 0 saturated heterocycles. The highest BCUT2D eigenvalue weighted by molar-refractivity contribution is 5.47. The zero-order chi connectivity index (χ0) is 13.1. The molecule has 9 heteroatoms. The van der Waals surface area contributed by atoms with E-state index in [9.17, 15) is 23.3 Å². The number of pyridine rings is 1. The molecular formula is C8H4F3N3O3. The summed E-state index contributed by atoms with van der Waals surface area (Å²) in [6.45, 7) is 0. The maximum atomic E-state index is 12.0. The Balaban J connectivity index is 3.29. The number of nitriles is 1. The van der Waals surface area contributed by atoms with E-state index in [0.717, 1.165) is 12.3 Å². The van der Waals surface area contributed by atoms with E-state index in [1.807, 2.05) is 0 Å². The summed E-state index contributed by atoms with van der Waals surface area (Å²) in [4.78, 5) is 12.5. The van der Waals surface area contributed by atoms with Crippen molar-refractivity contribution in [1.29, 1.82) is 5.26 Å². The van der Waals surface area contributed by atoms with Gasteiger partial charge in [-0.25, -0.2) is 0 Å². The van der Waals surface area contributed by atoms with E-state index in [2.05, 4.69) is 9.72 Å². The van der Waals surface area contributed by atoms with Crippen molar-refractivity contribution in [3.63, 3.8) is 0 Å². The van der Waals surface area contributed by atoms with Gasteiger partial charge in [-0.15, -0.1) is 13.2 Å². The molecule has 0 aliphatic carbocycles. The number of alkyl halides is 3. The molecule has 0 N–H and O–H groups in total. The van der Waals surface area contributed by atoms with Crippen molar-refractivity contribution in [1.82, 2.24) is 4.98 Å². The highest BCUT2D eigenvalue weighted by atomic mass is 19.4. The molecule has 0 unspecified atom stereocenters. The summed E-state index contributed by atoms with van der Waals surface area (Å²) < 4.78 is 39.7. The minimum Gasteiger partial charge on any atom is -0.396 e. The average Bonchev–Trinajstić information content (AvgIpc) is 2.18. The molecule has 1 aromatic heterocycles. The third kappa shape index (κ3) is 3.30. The minimum atomic E-state index is -5.09. The molecule has 0 bridgehead atoms. The van der Waals surface area contributed by atoms with E-state index in [1.165, 1.54) is 0 Å². The highest BCUT2D eigenvalue weighted by Crippen LogP contribution is 2.33. The van der Waals surface area contributed by atoms with Gasteiger partial charge in [0.15, 0.2) is 0 Å². The van der Waals surface area contributed by atoms with Gasteiger partial charge in [-0.1, -0.05) is 0 Å². The van der Waals surface area contributed by atoms with Crippen molar-refractivity contribution in [3.8, 4) is 11.8 Å². The number of nitrogens with zero attached hydrogens (tertiary/aromatic N) is 3. The van der Waals surface area contributed by atoms with Crippen LogP contribution < -0.4 is 4.74 Å². The number of ether oxygens (including phenoxy) is 1. The number of aromatic nitrogens is 1. The van der Waals surface area contributed by atoms with Crippen LogP contribution in [0.2, 0.25) is 0 Å². The second kappa shape index (κ2) is 4.65. The quantitative estimate of drug-likeness (QED) is 0.601. The molecule has 0 atom stereocenters. The van der Waals surface area contributed by atoms with Crippen LogP contribution in [0.1, 0.15) is 5.56 Å². The van der Waals surface area contributed by atoms with Crippen LogP contribution in [0, 0.1) is 21.4 Å². The summed E-state index contributed by atoms with van der Waals surface area (Å²) >= 11 is 0. The molecule has 0 aliphatic rings. The van der Waals surface area contributed by atoms with Crippen LogP contribution in [-0.2, 0) is 6.42 Å². The molecule has 0 radical (unpaired) electrons. The second-order valence-electron chi connectivity index (χ2n) is 2.76. The van der Waals surface area contributed by atoms with Crippen LogP contribution in [0.25, 0.3) is 0 Å². The Hall–Kier alpha value is -2.37. The van der Waals surface area contributed by atoms with Gasteiger partial charge in [0.25, 0.3) is 0 Å². The molecule has 0 aliphatic heterocycles. The van der Waals surface area contributed by atoms with Gasteiger partial charge in [0, 0.05) is 5.56 Å². The fourth-order valence-corrected chi connectivity index (χ4v) is 1.06. The van der Waals surface area contributed by atoms with Crippen LogP contribution in [0.15, 0.2) is 12.3 Å². The molecule has 90 valence electrons. The van der Waals surface area contributed by atoms with E-state index in [0.29, 0.717) is 0 Å². The normalized spacial score (nSPS) is 10.7. The first-order valence-corrected chi connectivity index (χ1v) is 4.10. The van der Waals surface area contributed by atoms with Gasteiger partial charge in [-0.2, -0.15) is 5.26 Å². The first-order chi connectivity index (χ1) is 7.85. The van der Waals surface area contributed by atoms with Crippen molar-refractivity contribution in [2.24, 2.45) is 0 Å². The van der Waals surface area contributed by atoms with Crippen molar-refractivity contribution >= 4 is 5.82 Å². The van der Waals surface area contributed by atoms with Gasteiger partial charge >= 0.3 is 12.2 Å². The second-order valence-corrected chi connectivity index (χ2v) is 2.76. The van der Waals surface area contributed by atoms with E-state index >= 15 is 0 Å². The summed E-state index contributed by atoms with van der Waals surface area (Å²) in [7, 11) is 0. The molecular weight excluding hydrogens is 243 g/mol. The van der Waals surface area contributed by atoms with Gasteiger partial charge in [0.2, 0.25) is 5.75 Å². The molecule has 0 amide bonds. The van der Waals surface area contributed by atoms with Crippen LogP contribution in [0.5, 0.6) is 5.75 Å². The Morgan fingerprint density at radius 1 is 1.59 bits per heavy atom. The Bertz CT molecular complexity index is 481. The molecule has 17 heavy (non-hydrogen) atoms. The Kier molecular flexibility index (Phi) is 3.47. The molecule has 1 rings (SSSR count). The lowest BCUT2D eigenvalue weighted by atomic mass is 10.2. The van der Waals surface area contributed by atoms with Crippen LogP contribution in [-0.4, -0.2) is 16.3 Å². The van der Waals surface area contributed by atoms with Crippen molar-refractivity contribution in [3.05, 3.63) is 27.9 Å². The predicted molar refractivity (Wildman–Crippen MR) is 46.9 cm³/mol. The third-order valence-corrected chi connectivity index (χ3v) is 1.63. The van der Waals surface area contributed by atoms with Crippen LogP contribution in [0.4, 0.5) is 19.0 Å². The van der Waals surface area contributed by atoms with Gasteiger partial charge in [0.1, 0.15) is 6.20 Å². The fraction of sp³-hybridized carbons (Fsp3) is 0.250. The van der Waals surface area contributed by atoms with E-state index in [4.69, 9.17) is 5.26 Å². The number of hydrogen-bond acceptors (Lipinski definition) is 5. The summed E-state index contributed by atoms with van der Waals surface area (Å²) in [5, 5.41) is 18.9. The molecule has 1 heterocycles. The predicted octanol–water partition coefficient (Wildman–Crippen LogP) is 1.95. The van der Waals surface area contributed by atoms with E-state index in [-0.39, 0.29) is 5.56 Å². The van der Waals surface area contributed by atoms with E-state index < -0.39 is 29.3 Å². The highest BCUT2D eigenvalue weighted by Gasteiger charge is 2.36. The molecule has 6 nitrogen and oxygen atoms in total. The number of halogens is 3. The lowest BCUT2D eigenvalue weighted by molar-refractivity contribution is -0.393. The summed E-state index contributed by atoms with van der Waals surface area (Å²) in [5.74, 6) is -2.12. The van der Waals surface area contributed by atoms with E-state index in [1.54, 1.807) is 6.07 Å². The SMILES string of the molecule is N#CCc1ccnc([N+](=O)[O-])c1OC(F)(F)F. The van der Waals surface area contributed by atoms with Gasteiger partial charge in [-0.05, 0) is 16.0 Å². The topological polar surface area (TPSA) is 89.0 Å². The largest absolute Gasteiger partial charge is 0.573 e. The fourth-order valence-electron chi connectivity index (χ4n) is 1.06. The first kappa shape index (κ1) is 12.7. The van der Waals surface area contributed by atoms with Crippen molar-refractivity contribution in [2.75, 3.05) is 0 Å². The van der Waals surface area contributed by atoms with Gasteiger partial charge < -0.3 is 14.9 Å². The van der Waals surface area contributed by atoms with Gasteiger partial charge in [0.05, 0.1) is 12.5 Å². The average molecular weight is 247 g/mol. The molecule has 0 saturated carbocycles. The number of nitro groups is 1. The smallest absolute Gasteiger partial charge is 0.396 e. The van der Waals surface area contributed by atoms with Crippen LogP contribution >= 0.6 is 0 Å². The Labute approximate surface area is 92.4 Å². The first-order valence-electron chi connectivity index (χ1n) is 4.10. The zero-order valence-corrected chi connectivity index (χ0v) is 8.06. The molecule has 1 aromatic rings. The molecule has 0 spiro atoms. The summed E-state index contributed by atoms with van der Waals surface area (Å²) in [5.41, 5.74) is -0.244. The Morgan fingerprint density at radius 3 is 2.71 bits per heavy atom. The van der Waals surface area contributed by atoms with Crippen LogP contribution in [0.3, 0.4) is 0 Å². The standard InChI is InChI=1S/C8H4F3N3O3/c9-8(10,11)17-6-5(1-3-12)2-4-13-7(6)14(15)16/h2,4H,1H2. The summed E-state index contributed by atoms with van der Waals surface area (Å²) in [6.07, 6.45) is -4.60. The maximum Gasteiger partial charge on any atom is 0.573 e. The Morgan fingerprint density at radius 2 is 2.24 bits per heavy atom. The number of rotatable bonds is 3. The lowest BCUT2D eigenvalue weighted by Crippen LogP contribution is -2.19. The maximum absolute atomic E-state index is 12.0. The van der Waals surface area contributed by atoms with Gasteiger partial charge in [-0.3, -0.25) is 0 Å². The number of hydrogen-bond donors (Lipinski definition) is 0. The molecule has 0 fully saturated rings. The van der Waals surface area contributed by atoms with Crippen molar-refractivity contribution in [2.45, 2.75) is 12.8 Å². The van der Waals surface area contributed by atoms with Crippen molar-refractivity contribution < 1.29 is 22.8 Å². The minimum absolute atomic E-state index is 0.244. The third-order valence-electron chi connectivity index (χ3n) is 1.63.